The summed E-state index contributed by atoms with van der Waals surface area (Å²) in [6.07, 6.45) is 4.02. The van der Waals surface area contributed by atoms with Crippen molar-refractivity contribution in [1.29, 1.82) is 0 Å². The van der Waals surface area contributed by atoms with Crippen LogP contribution in [0.2, 0.25) is 0 Å². The van der Waals surface area contributed by atoms with Gasteiger partial charge >= 0.3 is 0 Å². The highest BCUT2D eigenvalue weighted by molar-refractivity contribution is 5.94. The minimum atomic E-state index is -0.201. The number of hydrogen-bond donors (Lipinski definition) is 2. The van der Waals surface area contributed by atoms with Gasteiger partial charge in [0.05, 0.1) is 18.4 Å². The fourth-order valence-corrected chi connectivity index (χ4v) is 1.58. The van der Waals surface area contributed by atoms with E-state index < -0.39 is 0 Å². The molecule has 0 saturated carbocycles. The van der Waals surface area contributed by atoms with Gasteiger partial charge in [0.25, 0.3) is 5.91 Å². The summed E-state index contributed by atoms with van der Waals surface area (Å²) in [5.74, 6) is 1.10. The number of nitrogens with one attached hydrogen (secondary N) is 1. The van der Waals surface area contributed by atoms with Crippen LogP contribution in [-0.2, 0) is 19.5 Å². The van der Waals surface area contributed by atoms with E-state index in [0.29, 0.717) is 23.7 Å². The fourth-order valence-electron chi connectivity index (χ4n) is 1.58. The fraction of sp³-hybridized carbons (Fsp3) is 0.308. The number of rotatable bonds is 5. The molecule has 0 aliphatic carbocycles. The summed E-state index contributed by atoms with van der Waals surface area (Å²) < 4.78 is 5.41. The molecule has 0 radical (unpaired) electrons. The summed E-state index contributed by atoms with van der Waals surface area (Å²) in [4.78, 5) is 20.0. The molecule has 0 aliphatic heterocycles. The van der Waals surface area contributed by atoms with Gasteiger partial charge in [-0.25, -0.2) is 4.98 Å². The zero-order valence-electron chi connectivity index (χ0n) is 10.7. The first kappa shape index (κ1) is 13.2. The number of pyridine rings is 1. The highest BCUT2D eigenvalue weighted by atomic mass is 16.4. The molecular weight excluding hydrogens is 244 g/mol. The van der Waals surface area contributed by atoms with E-state index in [2.05, 4.69) is 15.3 Å². The topological polar surface area (TPSA) is 94.0 Å². The number of hydrogen-bond acceptors (Lipinski definition) is 5. The van der Waals surface area contributed by atoms with E-state index in [4.69, 9.17) is 10.2 Å². The molecule has 6 heteroatoms. The number of amides is 1. The van der Waals surface area contributed by atoms with Crippen molar-refractivity contribution in [2.24, 2.45) is 5.73 Å². The number of aryl methyl sites for hydroxylation is 1. The van der Waals surface area contributed by atoms with Crippen LogP contribution in [0.15, 0.2) is 28.9 Å². The van der Waals surface area contributed by atoms with Gasteiger partial charge in [-0.15, -0.1) is 0 Å². The molecule has 0 spiro atoms. The first-order chi connectivity index (χ1) is 9.22. The van der Waals surface area contributed by atoms with Crippen LogP contribution in [0, 0.1) is 0 Å². The smallest absolute Gasteiger partial charge is 0.251 e. The Morgan fingerprint density at radius 1 is 1.47 bits per heavy atom. The zero-order valence-corrected chi connectivity index (χ0v) is 10.7. The van der Waals surface area contributed by atoms with Gasteiger partial charge in [-0.2, -0.15) is 0 Å². The lowest BCUT2D eigenvalue weighted by Gasteiger charge is -2.04. The number of nitrogens with zero attached hydrogens (tertiary/aromatic N) is 2. The Kier molecular flexibility index (Phi) is 4.25. The van der Waals surface area contributed by atoms with Gasteiger partial charge in [-0.05, 0) is 12.1 Å². The maximum atomic E-state index is 11.9. The van der Waals surface area contributed by atoms with Gasteiger partial charge in [-0.1, -0.05) is 6.92 Å². The summed E-state index contributed by atoms with van der Waals surface area (Å²) in [6, 6.07) is 3.31. The van der Waals surface area contributed by atoms with E-state index in [1.165, 1.54) is 0 Å². The predicted octanol–water partition coefficient (Wildman–Crippen LogP) is 1.02. The van der Waals surface area contributed by atoms with Gasteiger partial charge in [0.2, 0.25) is 5.89 Å². The van der Waals surface area contributed by atoms with E-state index in [-0.39, 0.29) is 12.5 Å². The lowest BCUT2D eigenvalue weighted by atomic mass is 10.2. The van der Waals surface area contributed by atoms with Crippen LogP contribution in [-0.4, -0.2) is 15.9 Å². The van der Waals surface area contributed by atoms with Crippen molar-refractivity contribution in [3.05, 3.63) is 47.4 Å². The van der Waals surface area contributed by atoms with Crippen molar-refractivity contribution in [2.75, 3.05) is 0 Å². The second-order valence-electron chi connectivity index (χ2n) is 4.00. The van der Waals surface area contributed by atoms with Crippen molar-refractivity contribution in [3.63, 3.8) is 0 Å². The summed E-state index contributed by atoms with van der Waals surface area (Å²) in [6.45, 7) is 2.55. The van der Waals surface area contributed by atoms with Crippen LogP contribution in [0.25, 0.3) is 0 Å². The molecule has 0 fully saturated rings. The van der Waals surface area contributed by atoms with Crippen molar-refractivity contribution >= 4 is 5.91 Å². The lowest BCUT2D eigenvalue weighted by Crippen LogP contribution is -2.23. The van der Waals surface area contributed by atoms with Gasteiger partial charge in [-0.3, -0.25) is 9.78 Å². The SMILES string of the molecule is CCc1cnc(CNC(=O)c2ccnc(CN)c2)o1. The highest BCUT2D eigenvalue weighted by Gasteiger charge is 2.08. The lowest BCUT2D eigenvalue weighted by molar-refractivity contribution is 0.0947. The van der Waals surface area contributed by atoms with E-state index in [1.807, 2.05) is 6.92 Å². The largest absolute Gasteiger partial charge is 0.444 e. The minimum absolute atomic E-state index is 0.201. The molecule has 1 amide bonds. The molecule has 6 nitrogen and oxygen atoms in total. The first-order valence-electron chi connectivity index (χ1n) is 6.09. The minimum Gasteiger partial charge on any atom is -0.444 e. The van der Waals surface area contributed by atoms with Crippen molar-refractivity contribution < 1.29 is 9.21 Å². The molecule has 0 saturated heterocycles. The van der Waals surface area contributed by atoms with Crippen molar-refractivity contribution in [2.45, 2.75) is 26.4 Å². The van der Waals surface area contributed by atoms with E-state index in [0.717, 1.165) is 12.2 Å². The van der Waals surface area contributed by atoms with E-state index in [9.17, 15) is 4.79 Å². The number of aromatic nitrogens is 2. The molecule has 2 aromatic heterocycles. The molecule has 0 aromatic carbocycles. The van der Waals surface area contributed by atoms with Crippen molar-refractivity contribution in [3.8, 4) is 0 Å². The Morgan fingerprint density at radius 2 is 2.32 bits per heavy atom. The van der Waals surface area contributed by atoms with Crippen LogP contribution in [0.3, 0.4) is 0 Å². The standard InChI is InChI=1S/C13H16N4O2/c1-2-11-7-16-12(19-11)8-17-13(18)9-3-4-15-10(5-9)6-14/h3-5,7H,2,6,8,14H2,1H3,(H,17,18). The highest BCUT2D eigenvalue weighted by Crippen LogP contribution is 2.05. The molecule has 100 valence electrons. The normalized spacial score (nSPS) is 10.4. The van der Waals surface area contributed by atoms with Crippen LogP contribution >= 0.6 is 0 Å². The number of oxazole rings is 1. The van der Waals surface area contributed by atoms with Crippen LogP contribution < -0.4 is 11.1 Å². The van der Waals surface area contributed by atoms with Gasteiger partial charge in [0.15, 0.2) is 0 Å². The molecule has 3 N–H and O–H groups in total. The first-order valence-corrected chi connectivity index (χ1v) is 6.09. The maximum absolute atomic E-state index is 11.9. The molecule has 0 atom stereocenters. The van der Waals surface area contributed by atoms with Crippen LogP contribution in [0.1, 0.15) is 34.6 Å². The molecule has 2 aromatic rings. The Morgan fingerprint density at radius 3 is 3.00 bits per heavy atom. The van der Waals surface area contributed by atoms with Gasteiger partial charge in [0.1, 0.15) is 5.76 Å². The molecule has 2 rings (SSSR count). The quantitative estimate of drug-likeness (QED) is 0.837. The average Bonchev–Trinajstić information content (AvgIpc) is 2.93. The predicted molar refractivity (Wildman–Crippen MR) is 69.2 cm³/mol. The summed E-state index contributed by atoms with van der Waals surface area (Å²) in [5, 5.41) is 2.74. The molecule has 0 aliphatic rings. The Labute approximate surface area is 111 Å². The van der Waals surface area contributed by atoms with E-state index in [1.54, 1.807) is 24.5 Å². The third-order valence-corrected chi connectivity index (χ3v) is 2.64. The van der Waals surface area contributed by atoms with Crippen molar-refractivity contribution in [1.82, 2.24) is 15.3 Å². The Hall–Kier alpha value is -2.21. The number of carbonyl (C=O) groups excluding carboxylic acids is 1. The summed E-state index contributed by atoms with van der Waals surface area (Å²) >= 11 is 0. The average molecular weight is 260 g/mol. The summed E-state index contributed by atoms with van der Waals surface area (Å²) in [5.41, 5.74) is 6.69. The molecule has 0 unspecified atom stereocenters. The molecule has 19 heavy (non-hydrogen) atoms. The monoisotopic (exact) mass is 260 g/mol. The molecule has 0 bridgehead atoms. The second-order valence-corrected chi connectivity index (χ2v) is 4.00. The third kappa shape index (κ3) is 3.38. The van der Waals surface area contributed by atoms with Crippen LogP contribution in [0.4, 0.5) is 0 Å². The Balaban J connectivity index is 1.96. The van der Waals surface area contributed by atoms with E-state index >= 15 is 0 Å². The molecular formula is C13H16N4O2. The van der Waals surface area contributed by atoms with Gasteiger partial charge < -0.3 is 15.5 Å². The zero-order chi connectivity index (χ0) is 13.7. The summed E-state index contributed by atoms with van der Waals surface area (Å²) in [7, 11) is 0. The van der Waals surface area contributed by atoms with Gasteiger partial charge in [0, 0.05) is 24.7 Å². The number of carbonyl (C=O) groups is 1. The number of nitrogens with two attached hydrogens (primary N) is 1. The second kappa shape index (κ2) is 6.10. The third-order valence-electron chi connectivity index (χ3n) is 2.64. The Bertz CT molecular complexity index is 565. The maximum Gasteiger partial charge on any atom is 0.251 e. The molecule has 2 heterocycles. The van der Waals surface area contributed by atoms with Crippen LogP contribution in [0.5, 0.6) is 0 Å².